The van der Waals surface area contributed by atoms with Gasteiger partial charge in [-0.2, -0.15) is 13.2 Å². The lowest BCUT2D eigenvalue weighted by atomic mass is 10.1. The minimum atomic E-state index is -4.39. The smallest absolute Gasteiger partial charge is 0.416 e. The molecule has 1 aromatic carbocycles. The Morgan fingerprint density at radius 3 is 2.08 bits per heavy atom. The first-order chi connectivity index (χ1) is 12.3. The van der Waals surface area contributed by atoms with E-state index in [0.717, 1.165) is 37.8 Å². The number of ether oxygens (including phenoxy) is 2. The van der Waals surface area contributed by atoms with E-state index >= 15 is 0 Å². The minimum absolute atomic E-state index is 0.0611. The molecule has 1 aromatic rings. The standard InChI is InChI=1S/C19H25F3O4/c1-2-3-4-5-13-25-17(23)7-6-8-18(24)26-14-15-9-11-16(12-10-15)19(20,21)22/h9-12H,2-8,13-14H2,1H3. The van der Waals surface area contributed by atoms with Crippen molar-refractivity contribution in [1.82, 2.24) is 0 Å². The van der Waals surface area contributed by atoms with Crippen LogP contribution in [0.5, 0.6) is 0 Å². The lowest BCUT2D eigenvalue weighted by Crippen LogP contribution is -2.09. The normalized spacial score (nSPS) is 11.2. The van der Waals surface area contributed by atoms with Crippen LogP contribution in [-0.2, 0) is 31.8 Å². The van der Waals surface area contributed by atoms with Crippen LogP contribution in [0, 0.1) is 0 Å². The molecule has 0 aliphatic heterocycles. The molecule has 146 valence electrons. The van der Waals surface area contributed by atoms with Gasteiger partial charge in [0.1, 0.15) is 6.61 Å². The van der Waals surface area contributed by atoms with Gasteiger partial charge in [0.2, 0.25) is 0 Å². The number of carbonyl (C=O) groups excluding carboxylic acids is 2. The Kier molecular flexibility index (Phi) is 9.76. The van der Waals surface area contributed by atoms with Gasteiger partial charge in [-0.3, -0.25) is 9.59 Å². The Bertz CT molecular complexity index is 553. The van der Waals surface area contributed by atoms with E-state index in [1.165, 1.54) is 12.1 Å². The molecule has 0 saturated carbocycles. The molecule has 0 aliphatic rings. The summed E-state index contributed by atoms with van der Waals surface area (Å²) < 4.78 is 47.4. The summed E-state index contributed by atoms with van der Waals surface area (Å²) in [7, 11) is 0. The fourth-order valence-electron chi connectivity index (χ4n) is 2.19. The van der Waals surface area contributed by atoms with E-state index in [9.17, 15) is 22.8 Å². The summed E-state index contributed by atoms with van der Waals surface area (Å²) in [5, 5.41) is 0. The van der Waals surface area contributed by atoms with Gasteiger partial charge in [-0.25, -0.2) is 0 Å². The van der Waals surface area contributed by atoms with Crippen molar-refractivity contribution in [3.63, 3.8) is 0 Å². The van der Waals surface area contributed by atoms with Crippen LogP contribution in [0.3, 0.4) is 0 Å². The molecule has 0 heterocycles. The summed E-state index contributed by atoms with van der Waals surface area (Å²) in [5.74, 6) is -0.835. The van der Waals surface area contributed by atoms with Crippen LogP contribution in [0.25, 0.3) is 0 Å². The van der Waals surface area contributed by atoms with Gasteiger partial charge >= 0.3 is 18.1 Å². The second kappa shape index (κ2) is 11.5. The van der Waals surface area contributed by atoms with Crippen LogP contribution in [0.15, 0.2) is 24.3 Å². The lowest BCUT2D eigenvalue weighted by molar-refractivity contribution is -0.146. The van der Waals surface area contributed by atoms with Crippen molar-refractivity contribution in [3.8, 4) is 0 Å². The number of unbranched alkanes of at least 4 members (excludes halogenated alkanes) is 3. The molecule has 7 heteroatoms. The summed E-state index contributed by atoms with van der Waals surface area (Å²) in [6, 6.07) is 4.43. The first-order valence-electron chi connectivity index (χ1n) is 8.80. The highest BCUT2D eigenvalue weighted by molar-refractivity contribution is 5.72. The molecule has 0 radical (unpaired) electrons. The highest BCUT2D eigenvalue weighted by atomic mass is 19.4. The molecular weight excluding hydrogens is 349 g/mol. The molecule has 0 unspecified atom stereocenters. The molecule has 0 N–H and O–H groups in total. The van der Waals surface area contributed by atoms with E-state index in [-0.39, 0.29) is 25.4 Å². The summed E-state index contributed by atoms with van der Waals surface area (Å²) in [5.41, 5.74) is -0.279. The Balaban J connectivity index is 2.16. The molecule has 26 heavy (non-hydrogen) atoms. The van der Waals surface area contributed by atoms with Crippen LogP contribution in [0.2, 0.25) is 0 Å². The molecule has 0 saturated heterocycles. The van der Waals surface area contributed by atoms with Crippen molar-refractivity contribution in [2.45, 2.75) is 64.7 Å². The van der Waals surface area contributed by atoms with Gasteiger partial charge in [-0.15, -0.1) is 0 Å². The molecule has 4 nitrogen and oxygen atoms in total. The zero-order chi connectivity index (χ0) is 19.4. The number of carbonyl (C=O) groups is 2. The third-order valence-corrected chi connectivity index (χ3v) is 3.70. The second-order valence-corrected chi connectivity index (χ2v) is 5.99. The van der Waals surface area contributed by atoms with Gasteiger partial charge in [0.25, 0.3) is 0 Å². The molecule has 0 atom stereocenters. The van der Waals surface area contributed by atoms with Crippen LogP contribution < -0.4 is 0 Å². The van der Waals surface area contributed by atoms with Gasteiger partial charge < -0.3 is 9.47 Å². The van der Waals surface area contributed by atoms with Crippen molar-refractivity contribution in [2.24, 2.45) is 0 Å². The summed E-state index contributed by atoms with van der Waals surface area (Å²) in [4.78, 5) is 23.1. The Morgan fingerprint density at radius 1 is 0.885 bits per heavy atom. The van der Waals surface area contributed by atoms with Crippen molar-refractivity contribution in [1.29, 1.82) is 0 Å². The summed E-state index contributed by atoms with van der Waals surface area (Å²) in [6.07, 6.45) is 0.230. The summed E-state index contributed by atoms with van der Waals surface area (Å²) >= 11 is 0. The number of hydrogen-bond donors (Lipinski definition) is 0. The fourth-order valence-corrected chi connectivity index (χ4v) is 2.19. The number of benzene rings is 1. The van der Waals surface area contributed by atoms with E-state index in [1.54, 1.807) is 0 Å². The number of alkyl halides is 3. The molecule has 0 spiro atoms. The molecule has 1 rings (SSSR count). The molecule has 0 amide bonds. The number of halogens is 3. The second-order valence-electron chi connectivity index (χ2n) is 5.99. The van der Waals surface area contributed by atoms with E-state index in [0.29, 0.717) is 18.6 Å². The third kappa shape index (κ3) is 9.44. The number of rotatable bonds is 11. The van der Waals surface area contributed by atoms with Crippen molar-refractivity contribution in [3.05, 3.63) is 35.4 Å². The fraction of sp³-hybridized carbons (Fsp3) is 0.579. The first-order valence-corrected chi connectivity index (χ1v) is 8.80. The van der Waals surface area contributed by atoms with E-state index in [4.69, 9.17) is 9.47 Å². The van der Waals surface area contributed by atoms with E-state index < -0.39 is 17.7 Å². The average Bonchev–Trinajstić information content (AvgIpc) is 2.59. The first kappa shape index (κ1) is 22.0. The SMILES string of the molecule is CCCCCCOC(=O)CCCC(=O)OCc1ccc(C(F)(F)F)cc1. The predicted octanol–water partition coefficient (Wildman–Crippen LogP) is 5.04. The predicted molar refractivity (Wildman–Crippen MR) is 90.2 cm³/mol. The minimum Gasteiger partial charge on any atom is -0.466 e. The highest BCUT2D eigenvalue weighted by Crippen LogP contribution is 2.29. The van der Waals surface area contributed by atoms with Gasteiger partial charge in [0.15, 0.2) is 0 Å². The number of esters is 2. The van der Waals surface area contributed by atoms with Crippen LogP contribution in [0.1, 0.15) is 63.0 Å². The molecule has 0 bridgehead atoms. The van der Waals surface area contributed by atoms with Gasteiger partial charge in [-0.1, -0.05) is 38.3 Å². The molecule has 0 fully saturated rings. The topological polar surface area (TPSA) is 52.6 Å². The average molecular weight is 374 g/mol. The Labute approximate surface area is 151 Å². The monoisotopic (exact) mass is 374 g/mol. The third-order valence-electron chi connectivity index (χ3n) is 3.70. The number of hydrogen-bond acceptors (Lipinski definition) is 4. The zero-order valence-electron chi connectivity index (χ0n) is 14.9. The Hall–Kier alpha value is -2.05. The lowest BCUT2D eigenvalue weighted by Gasteiger charge is -2.08. The maximum Gasteiger partial charge on any atom is 0.416 e. The van der Waals surface area contributed by atoms with Crippen LogP contribution in [-0.4, -0.2) is 18.5 Å². The van der Waals surface area contributed by atoms with E-state index in [2.05, 4.69) is 6.92 Å². The van der Waals surface area contributed by atoms with Gasteiger partial charge in [0, 0.05) is 12.8 Å². The quantitative estimate of drug-likeness (QED) is 0.402. The van der Waals surface area contributed by atoms with Gasteiger partial charge in [0.05, 0.1) is 12.2 Å². The van der Waals surface area contributed by atoms with Crippen LogP contribution in [0.4, 0.5) is 13.2 Å². The molecule has 0 aromatic heterocycles. The molecule has 0 aliphatic carbocycles. The van der Waals surface area contributed by atoms with Crippen molar-refractivity contribution >= 4 is 11.9 Å². The molecular formula is C19H25F3O4. The zero-order valence-corrected chi connectivity index (χ0v) is 14.9. The maximum absolute atomic E-state index is 12.4. The van der Waals surface area contributed by atoms with Gasteiger partial charge in [-0.05, 0) is 30.5 Å². The summed E-state index contributed by atoms with van der Waals surface area (Å²) in [6.45, 7) is 2.40. The van der Waals surface area contributed by atoms with Crippen molar-refractivity contribution < 1.29 is 32.2 Å². The van der Waals surface area contributed by atoms with Crippen LogP contribution >= 0.6 is 0 Å². The highest BCUT2D eigenvalue weighted by Gasteiger charge is 2.29. The van der Waals surface area contributed by atoms with E-state index in [1.807, 2.05) is 0 Å². The van der Waals surface area contributed by atoms with Crippen molar-refractivity contribution in [2.75, 3.05) is 6.61 Å². The largest absolute Gasteiger partial charge is 0.466 e. The maximum atomic E-state index is 12.4. The Morgan fingerprint density at radius 2 is 1.50 bits per heavy atom.